The van der Waals surface area contributed by atoms with Crippen molar-refractivity contribution in [1.29, 1.82) is 0 Å². The van der Waals surface area contributed by atoms with Gasteiger partial charge in [-0.3, -0.25) is 9.59 Å². The summed E-state index contributed by atoms with van der Waals surface area (Å²) in [6, 6.07) is 8.28. The van der Waals surface area contributed by atoms with Gasteiger partial charge in [0.1, 0.15) is 5.75 Å². The number of rotatable bonds is 5. The summed E-state index contributed by atoms with van der Waals surface area (Å²) in [4.78, 5) is 23.8. The van der Waals surface area contributed by atoms with Crippen LogP contribution in [0.3, 0.4) is 0 Å². The largest absolute Gasteiger partial charge is 0.493 e. The highest BCUT2D eigenvalue weighted by Crippen LogP contribution is 2.36. The molecule has 0 saturated heterocycles. The monoisotopic (exact) mass is 373 g/mol. The SMILES string of the molecule is COc1cc(/C=C/C(=O)c2ccc3c(c2)NC(=O)CO3)cc(Cl)c1OC. The number of allylic oxidation sites excluding steroid dienone is 1. The molecule has 0 bridgehead atoms. The minimum absolute atomic E-state index is 0.0275. The number of ether oxygens (including phenoxy) is 3. The van der Waals surface area contributed by atoms with Gasteiger partial charge in [0.05, 0.1) is 24.9 Å². The number of carbonyl (C=O) groups is 2. The van der Waals surface area contributed by atoms with E-state index in [2.05, 4.69) is 5.32 Å². The maximum absolute atomic E-state index is 12.4. The van der Waals surface area contributed by atoms with E-state index in [-0.39, 0.29) is 18.3 Å². The molecule has 0 unspecified atom stereocenters. The Bertz CT molecular complexity index is 907. The van der Waals surface area contributed by atoms with Crippen LogP contribution in [0.15, 0.2) is 36.4 Å². The van der Waals surface area contributed by atoms with Gasteiger partial charge in [-0.15, -0.1) is 0 Å². The van der Waals surface area contributed by atoms with Crippen LogP contribution in [0, 0.1) is 0 Å². The van der Waals surface area contributed by atoms with E-state index >= 15 is 0 Å². The van der Waals surface area contributed by atoms with Crippen LogP contribution >= 0.6 is 11.6 Å². The van der Waals surface area contributed by atoms with Gasteiger partial charge in [-0.25, -0.2) is 0 Å². The molecule has 2 aromatic rings. The summed E-state index contributed by atoms with van der Waals surface area (Å²) < 4.78 is 15.7. The zero-order chi connectivity index (χ0) is 18.7. The molecular weight excluding hydrogens is 358 g/mol. The molecule has 1 heterocycles. The van der Waals surface area contributed by atoms with Crippen LogP contribution in [0.4, 0.5) is 5.69 Å². The van der Waals surface area contributed by atoms with Gasteiger partial charge in [-0.2, -0.15) is 0 Å². The molecule has 1 aliphatic heterocycles. The molecule has 0 aliphatic carbocycles. The van der Waals surface area contributed by atoms with Crippen LogP contribution in [0.1, 0.15) is 15.9 Å². The first-order chi connectivity index (χ1) is 12.5. The highest BCUT2D eigenvalue weighted by molar-refractivity contribution is 6.32. The molecule has 0 aromatic heterocycles. The lowest BCUT2D eigenvalue weighted by Gasteiger charge is -2.17. The molecule has 3 rings (SSSR count). The average Bonchev–Trinajstić information content (AvgIpc) is 2.64. The molecule has 134 valence electrons. The van der Waals surface area contributed by atoms with Gasteiger partial charge in [-0.1, -0.05) is 17.7 Å². The van der Waals surface area contributed by atoms with Crippen molar-refractivity contribution in [3.8, 4) is 17.2 Å². The van der Waals surface area contributed by atoms with Crippen LogP contribution < -0.4 is 19.5 Å². The lowest BCUT2D eigenvalue weighted by molar-refractivity contribution is -0.118. The molecule has 1 amide bonds. The van der Waals surface area contributed by atoms with Crippen molar-refractivity contribution < 1.29 is 23.8 Å². The van der Waals surface area contributed by atoms with Crippen molar-refractivity contribution in [1.82, 2.24) is 0 Å². The molecule has 2 aromatic carbocycles. The van der Waals surface area contributed by atoms with Gasteiger partial charge in [-0.05, 0) is 42.0 Å². The van der Waals surface area contributed by atoms with Crippen LogP contribution in [0.2, 0.25) is 5.02 Å². The van der Waals surface area contributed by atoms with Crippen LogP contribution in [0.5, 0.6) is 17.2 Å². The maximum atomic E-state index is 12.4. The summed E-state index contributed by atoms with van der Waals surface area (Å²) in [6.45, 7) is -0.0275. The number of benzene rings is 2. The Morgan fingerprint density at radius 3 is 2.77 bits per heavy atom. The molecule has 0 radical (unpaired) electrons. The van der Waals surface area contributed by atoms with E-state index < -0.39 is 0 Å². The number of carbonyl (C=O) groups excluding carboxylic acids is 2. The lowest BCUT2D eigenvalue weighted by Crippen LogP contribution is -2.25. The summed E-state index contributed by atoms with van der Waals surface area (Å²) in [6.07, 6.45) is 3.05. The van der Waals surface area contributed by atoms with Gasteiger partial charge in [0.15, 0.2) is 23.9 Å². The van der Waals surface area contributed by atoms with Crippen molar-refractivity contribution in [3.63, 3.8) is 0 Å². The number of methoxy groups -OCH3 is 2. The Labute approximate surface area is 155 Å². The maximum Gasteiger partial charge on any atom is 0.262 e. The summed E-state index contributed by atoms with van der Waals surface area (Å²) in [7, 11) is 3.01. The minimum Gasteiger partial charge on any atom is -0.493 e. The van der Waals surface area contributed by atoms with Crippen LogP contribution in [-0.4, -0.2) is 32.5 Å². The first-order valence-corrected chi connectivity index (χ1v) is 8.10. The van der Waals surface area contributed by atoms with Crippen LogP contribution in [0.25, 0.3) is 6.08 Å². The van der Waals surface area contributed by atoms with Crippen LogP contribution in [-0.2, 0) is 4.79 Å². The second kappa shape index (κ2) is 7.49. The predicted molar refractivity (Wildman–Crippen MR) is 98.5 cm³/mol. The number of anilines is 1. The normalized spacial score (nSPS) is 13.0. The molecule has 26 heavy (non-hydrogen) atoms. The predicted octanol–water partition coefficient (Wildman–Crippen LogP) is 3.58. The fourth-order valence-corrected chi connectivity index (χ4v) is 2.83. The Hall–Kier alpha value is -2.99. The highest BCUT2D eigenvalue weighted by Gasteiger charge is 2.17. The average molecular weight is 374 g/mol. The summed E-state index contributed by atoms with van der Waals surface area (Å²) in [5.41, 5.74) is 1.60. The Morgan fingerprint density at radius 1 is 1.23 bits per heavy atom. The number of halogens is 1. The first-order valence-electron chi connectivity index (χ1n) is 7.72. The fourth-order valence-electron chi connectivity index (χ4n) is 2.54. The van der Waals surface area contributed by atoms with Crippen molar-refractivity contribution >= 4 is 35.1 Å². The molecule has 1 aliphatic rings. The number of fused-ring (bicyclic) bond motifs is 1. The zero-order valence-electron chi connectivity index (χ0n) is 14.2. The molecule has 1 N–H and O–H groups in total. The number of ketones is 1. The number of nitrogens with one attached hydrogen (secondary N) is 1. The standard InChI is InChI=1S/C19H16ClNO5/c1-24-17-8-11(7-13(20)19(17)25-2)3-5-15(22)12-4-6-16-14(9-12)21-18(23)10-26-16/h3-9H,10H2,1-2H3,(H,21,23)/b5-3+. The van der Waals surface area contributed by atoms with E-state index in [1.165, 1.54) is 20.3 Å². The van der Waals surface area contributed by atoms with E-state index in [1.807, 2.05) is 0 Å². The molecule has 0 saturated carbocycles. The van der Waals surface area contributed by atoms with E-state index in [1.54, 1.807) is 36.4 Å². The first kappa shape index (κ1) is 17.8. The van der Waals surface area contributed by atoms with E-state index in [0.717, 1.165) is 0 Å². The minimum atomic E-state index is -0.252. The summed E-state index contributed by atoms with van der Waals surface area (Å²) >= 11 is 6.16. The zero-order valence-corrected chi connectivity index (χ0v) is 14.9. The molecule has 0 fully saturated rings. The highest BCUT2D eigenvalue weighted by atomic mass is 35.5. The topological polar surface area (TPSA) is 73.9 Å². The third-order valence-corrected chi connectivity index (χ3v) is 4.06. The van der Waals surface area contributed by atoms with E-state index in [9.17, 15) is 9.59 Å². The number of amides is 1. The summed E-state index contributed by atoms with van der Waals surface area (Å²) in [5.74, 6) is 0.969. The van der Waals surface area contributed by atoms with Gasteiger partial charge in [0, 0.05) is 5.56 Å². The Morgan fingerprint density at radius 2 is 2.04 bits per heavy atom. The Balaban J connectivity index is 1.83. The smallest absolute Gasteiger partial charge is 0.262 e. The lowest BCUT2D eigenvalue weighted by atomic mass is 10.1. The van der Waals surface area contributed by atoms with Crippen molar-refractivity contribution in [2.24, 2.45) is 0 Å². The van der Waals surface area contributed by atoms with Gasteiger partial charge < -0.3 is 19.5 Å². The second-order valence-electron chi connectivity index (χ2n) is 5.48. The molecule has 7 heteroatoms. The van der Waals surface area contributed by atoms with E-state index in [4.69, 9.17) is 25.8 Å². The number of hydrogen-bond donors (Lipinski definition) is 1. The van der Waals surface area contributed by atoms with Crippen molar-refractivity contribution in [2.45, 2.75) is 0 Å². The molecule has 6 nitrogen and oxygen atoms in total. The molecule has 0 atom stereocenters. The number of hydrogen-bond acceptors (Lipinski definition) is 5. The second-order valence-corrected chi connectivity index (χ2v) is 5.89. The third-order valence-electron chi connectivity index (χ3n) is 3.78. The van der Waals surface area contributed by atoms with Crippen molar-refractivity contribution in [2.75, 3.05) is 26.1 Å². The Kier molecular flexibility index (Phi) is 5.14. The fraction of sp³-hybridized carbons (Fsp3) is 0.158. The molecule has 0 spiro atoms. The van der Waals surface area contributed by atoms with Gasteiger partial charge >= 0.3 is 0 Å². The van der Waals surface area contributed by atoms with E-state index in [0.29, 0.717) is 39.1 Å². The quantitative estimate of drug-likeness (QED) is 0.640. The van der Waals surface area contributed by atoms with Crippen molar-refractivity contribution in [3.05, 3.63) is 52.6 Å². The van der Waals surface area contributed by atoms with Gasteiger partial charge in [0.25, 0.3) is 5.91 Å². The molecular formula is C19H16ClNO5. The summed E-state index contributed by atoms with van der Waals surface area (Å²) in [5, 5.41) is 3.06. The van der Waals surface area contributed by atoms with Gasteiger partial charge in [0.2, 0.25) is 0 Å². The third kappa shape index (κ3) is 3.65.